The molecule has 4 nitrogen and oxygen atoms in total. The zero-order valence-electron chi connectivity index (χ0n) is 9.81. The van der Waals surface area contributed by atoms with Gasteiger partial charge in [-0.3, -0.25) is 0 Å². The van der Waals surface area contributed by atoms with Crippen LogP contribution >= 0.6 is 23.0 Å². The Hall–Kier alpha value is -0.180. The lowest BCUT2D eigenvalue weighted by Crippen LogP contribution is -2.26. The summed E-state index contributed by atoms with van der Waals surface area (Å²) in [7, 11) is -3.42. The first-order valence-electron chi connectivity index (χ1n) is 5.30. The van der Waals surface area contributed by atoms with Gasteiger partial charge in [-0.15, -0.1) is 0 Å². The molecule has 0 saturated heterocycles. The molecule has 0 bridgehead atoms. The van der Waals surface area contributed by atoms with E-state index in [0.29, 0.717) is 17.4 Å². The molecule has 0 unspecified atom stereocenters. The van der Waals surface area contributed by atoms with Gasteiger partial charge in [0.2, 0.25) is 10.0 Å². The van der Waals surface area contributed by atoms with E-state index in [1.54, 1.807) is 41.2 Å². The first kappa shape index (κ1) is 14.9. The fraction of sp³-hybridized carbons (Fsp3) is 0.455. The summed E-state index contributed by atoms with van der Waals surface area (Å²) in [4.78, 5) is 0.303. The predicted molar refractivity (Wildman–Crippen MR) is 75.7 cm³/mol. The van der Waals surface area contributed by atoms with Crippen molar-refractivity contribution in [2.45, 2.75) is 24.7 Å². The van der Waals surface area contributed by atoms with Gasteiger partial charge < -0.3 is 3.07 Å². The highest BCUT2D eigenvalue weighted by atomic mass is 127. The normalized spacial score (nSPS) is 12.0. The third-order valence-electron chi connectivity index (χ3n) is 2.31. The number of benzene rings is 1. The van der Waals surface area contributed by atoms with E-state index in [1.165, 1.54) is 0 Å². The standard InChI is InChI=1S/C11H16INO3S/c1-9(2)10-4-3-5-11(8-10)17(14,15)13-6-7-16-12/h3-5,8-9,13H,6-7H2,1-2H3. The second-order valence-corrected chi connectivity index (χ2v) is 6.33. The number of nitrogens with one attached hydrogen (secondary N) is 1. The van der Waals surface area contributed by atoms with Crippen molar-refractivity contribution in [3.8, 4) is 0 Å². The van der Waals surface area contributed by atoms with E-state index in [4.69, 9.17) is 3.07 Å². The fourth-order valence-corrected chi connectivity index (χ4v) is 2.63. The molecule has 1 rings (SSSR count). The molecule has 0 aromatic heterocycles. The Labute approximate surface area is 116 Å². The second-order valence-electron chi connectivity index (χ2n) is 3.94. The monoisotopic (exact) mass is 369 g/mol. The van der Waals surface area contributed by atoms with Gasteiger partial charge in [0.05, 0.1) is 11.5 Å². The van der Waals surface area contributed by atoms with Crippen molar-refractivity contribution in [2.24, 2.45) is 0 Å². The minimum absolute atomic E-state index is 0.275. The Kier molecular flexibility index (Phi) is 5.84. The average molecular weight is 369 g/mol. The lowest BCUT2D eigenvalue weighted by atomic mass is 10.0. The fourth-order valence-electron chi connectivity index (χ4n) is 1.34. The summed E-state index contributed by atoms with van der Waals surface area (Å²) in [5.74, 6) is 0.308. The van der Waals surface area contributed by atoms with Crippen LogP contribution in [0.3, 0.4) is 0 Å². The summed E-state index contributed by atoms with van der Waals surface area (Å²) >= 11 is 1.73. The molecule has 0 fully saturated rings. The first-order valence-corrected chi connectivity index (χ1v) is 7.67. The molecule has 96 valence electrons. The van der Waals surface area contributed by atoms with Crippen LogP contribution in [-0.2, 0) is 13.1 Å². The molecule has 0 aliphatic carbocycles. The minimum atomic E-state index is -3.42. The maximum Gasteiger partial charge on any atom is 0.240 e. The van der Waals surface area contributed by atoms with Gasteiger partial charge in [0.25, 0.3) is 0 Å². The molecule has 6 heteroatoms. The Bertz CT molecular complexity index is 460. The highest BCUT2D eigenvalue weighted by Crippen LogP contribution is 2.18. The number of rotatable bonds is 6. The summed E-state index contributed by atoms with van der Waals surface area (Å²) in [6, 6.07) is 6.99. The molecule has 0 atom stereocenters. The highest BCUT2D eigenvalue weighted by Gasteiger charge is 2.14. The van der Waals surface area contributed by atoms with Crippen LogP contribution in [0.1, 0.15) is 25.3 Å². The molecule has 0 amide bonds. The van der Waals surface area contributed by atoms with Crippen LogP contribution in [0.5, 0.6) is 0 Å². The molecule has 1 aromatic carbocycles. The van der Waals surface area contributed by atoms with Crippen molar-refractivity contribution in [3.63, 3.8) is 0 Å². The van der Waals surface area contributed by atoms with Crippen LogP contribution in [0.25, 0.3) is 0 Å². The SMILES string of the molecule is CC(C)c1cccc(S(=O)(=O)NCCOI)c1. The van der Waals surface area contributed by atoms with Crippen molar-refractivity contribution in [3.05, 3.63) is 29.8 Å². The molecule has 0 spiro atoms. The van der Waals surface area contributed by atoms with Gasteiger partial charge in [-0.1, -0.05) is 26.0 Å². The van der Waals surface area contributed by atoms with E-state index >= 15 is 0 Å². The zero-order valence-corrected chi connectivity index (χ0v) is 12.8. The van der Waals surface area contributed by atoms with Crippen LogP contribution in [0.2, 0.25) is 0 Å². The van der Waals surface area contributed by atoms with Crippen LogP contribution in [0.4, 0.5) is 0 Å². The summed E-state index contributed by atoms with van der Waals surface area (Å²) in [6.07, 6.45) is 0. The Balaban J connectivity index is 2.87. The Morgan fingerprint density at radius 1 is 1.41 bits per heavy atom. The van der Waals surface area contributed by atoms with E-state index in [9.17, 15) is 8.42 Å². The second kappa shape index (κ2) is 6.67. The number of halogens is 1. The van der Waals surface area contributed by atoms with E-state index in [0.717, 1.165) is 5.56 Å². The summed E-state index contributed by atoms with van der Waals surface area (Å²) in [5.41, 5.74) is 1.01. The molecule has 0 aliphatic rings. The molecular weight excluding hydrogens is 353 g/mol. The average Bonchev–Trinajstić information content (AvgIpc) is 2.29. The van der Waals surface area contributed by atoms with Gasteiger partial charge in [0, 0.05) is 6.54 Å². The van der Waals surface area contributed by atoms with Crippen molar-refractivity contribution in [1.82, 2.24) is 4.72 Å². The van der Waals surface area contributed by atoms with E-state index < -0.39 is 10.0 Å². The smallest absolute Gasteiger partial charge is 0.240 e. The van der Waals surface area contributed by atoms with Crippen molar-refractivity contribution < 1.29 is 11.5 Å². The molecule has 1 N–H and O–H groups in total. The van der Waals surface area contributed by atoms with Gasteiger partial charge in [0.15, 0.2) is 0 Å². The number of hydrogen-bond acceptors (Lipinski definition) is 3. The molecule has 0 radical (unpaired) electrons. The zero-order chi connectivity index (χ0) is 12.9. The molecule has 0 aliphatic heterocycles. The molecule has 1 aromatic rings. The van der Waals surface area contributed by atoms with Gasteiger partial charge in [-0.2, -0.15) is 0 Å². The topological polar surface area (TPSA) is 55.4 Å². The number of hydrogen-bond donors (Lipinski definition) is 1. The quantitative estimate of drug-likeness (QED) is 0.619. The summed E-state index contributed by atoms with van der Waals surface area (Å²) in [6.45, 7) is 4.69. The van der Waals surface area contributed by atoms with Gasteiger partial charge in [0.1, 0.15) is 23.0 Å². The van der Waals surface area contributed by atoms with Gasteiger partial charge in [-0.25, -0.2) is 13.1 Å². The van der Waals surface area contributed by atoms with Gasteiger partial charge >= 0.3 is 0 Å². The lowest BCUT2D eigenvalue weighted by Gasteiger charge is -2.09. The molecule has 0 saturated carbocycles. The van der Waals surface area contributed by atoms with Crippen LogP contribution in [0, 0.1) is 0 Å². The number of sulfonamides is 1. The highest BCUT2D eigenvalue weighted by molar-refractivity contribution is 14.1. The van der Waals surface area contributed by atoms with Crippen LogP contribution in [-0.4, -0.2) is 21.6 Å². The largest absolute Gasteiger partial charge is 0.314 e. The third-order valence-corrected chi connectivity index (χ3v) is 4.21. The maximum atomic E-state index is 11.9. The summed E-state index contributed by atoms with van der Waals surface area (Å²) in [5, 5.41) is 0. The van der Waals surface area contributed by atoms with E-state index in [1.807, 2.05) is 19.9 Å². The third kappa shape index (κ3) is 4.53. The van der Waals surface area contributed by atoms with Crippen LogP contribution < -0.4 is 4.72 Å². The van der Waals surface area contributed by atoms with Gasteiger partial charge in [-0.05, 0) is 23.6 Å². The first-order chi connectivity index (χ1) is 7.97. The Morgan fingerprint density at radius 2 is 2.12 bits per heavy atom. The molecule has 0 heterocycles. The lowest BCUT2D eigenvalue weighted by molar-refractivity contribution is 0.429. The van der Waals surface area contributed by atoms with Crippen molar-refractivity contribution in [1.29, 1.82) is 0 Å². The van der Waals surface area contributed by atoms with Crippen molar-refractivity contribution >= 4 is 33.0 Å². The maximum absolute atomic E-state index is 11.9. The molecule has 17 heavy (non-hydrogen) atoms. The van der Waals surface area contributed by atoms with Crippen molar-refractivity contribution in [2.75, 3.05) is 13.2 Å². The Morgan fingerprint density at radius 3 is 2.71 bits per heavy atom. The van der Waals surface area contributed by atoms with E-state index in [2.05, 4.69) is 4.72 Å². The minimum Gasteiger partial charge on any atom is -0.314 e. The predicted octanol–water partition coefficient (Wildman–Crippen LogP) is 2.45. The summed E-state index contributed by atoms with van der Waals surface area (Å²) < 4.78 is 31.1. The van der Waals surface area contributed by atoms with Crippen LogP contribution in [0.15, 0.2) is 29.2 Å². The molecular formula is C11H16INO3S. The van der Waals surface area contributed by atoms with E-state index in [-0.39, 0.29) is 6.54 Å².